The Kier molecular flexibility index (Phi) is 4.99. The van der Waals surface area contributed by atoms with Crippen LogP contribution in [0, 0.1) is 5.92 Å². The number of hydrogen-bond donors (Lipinski definition) is 1. The van der Waals surface area contributed by atoms with E-state index in [0.29, 0.717) is 0 Å². The molecular formula is C17H26N2O2. The second kappa shape index (κ2) is 7.14. The van der Waals surface area contributed by atoms with Gasteiger partial charge in [-0.05, 0) is 56.6 Å². The van der Waals surface area contributed by atoms with Gasteiger partial charge in [-0.3, -0.25) is 0 Å². The Bertz CT molecular complexity index is 464. The zero-order valence-electron chi connectivity index (χ0n) is 12.9. The Balaban J connectivity index is 1.50. The van der Waals surface area contributed by atoms with Crippen LogP contribution in [-0.2, 0) is 6.54 Å². The first-order valence-electron chi connectivity index (χ1n) is 8.09. The van der Waals surface area contributed by atoms with E-state index in [0.717, 1.165) is 50.1 Å². The van der Waals surface area contributed by atoms with E-state index in [9.17, 15) is 0 Å². The molecule has 2 heterocycles. The third-order valence-corrected chi connectivity index (χ3v) is 4.30. The highest BCUT2D eigenvalue weighted by atomic mass is 16.5. The van der Waals surface area contributed by atoms with Gasteiger partial charge in [-0.2, -0.15) is 0 Å². The van der Waals surface area contributed by atoms with E-state index >= 15 is 0 Å². The average molecular weight is 290 g/mol. The molecule has 116 valence electrons. The van der Waals surface area contributed by atoms with Gasteiger partial charge in [-0.1, -0.05) is 6.07 Å². The van der Waals surface area contributed by atoms with E-state index in [-0.39, 0.29) is 0 Å². The molecule has 0 aliphatic carbocycles. The van der Waals surface area contributed by atoms with Crippen molar-refractivity contribution in [3.63, 3.8) is 0 Å². The predicted molar refractivity (Wildman–Crippen MR) is 84.0 cm³/mol. The van der Waals surface area contributed by atoms with Crippen LogP contribution in [0.5, 0.6) is 11.5 Å². The number of piperidine rings is 1. The summed E-state index contributed by atoms with van der Waals surface area (Å²) in [5.74, 6) is 2.55. The van der Waals surface area contributed by atoms with E-state index in [1.54, 1.807) is 0 Å². The highest BCUT2D eigenvalue weighted by Crippen LogP contribution is 2.30. The topological polar surface area (TPSA) is 33.7 Å². The first-order chi connectivity index (χ1) is 10.3. The van der Waals surface area contributed by atoms with Gasteiger partial charge in [0.15, 0.2) is 11.5 Å². The lowest BCUT2D eigenvalue weighted by Gasteiger charge is -2.29. The first kappa shape index (κ1) is 14.7. The monoisotopic (exact) mass is 290 g/mol. The molecule has 0 spiro atoms. The smallest absolute Gasteiger partial charge is 0.161 e. The van der Waals surface area contributed by atoms with E-state index in [1.807, 2.05) is 6.07 Å². The van der Waals surface area contributed by atoms with Crippen molar-refractivity contribution in [2.24, 2.45) is 5.92 Å². The van der Waals surface area contributed by atoms with Crippen LogP contribution in [0.1, 0.15) is 24.8 Å². The summed E-state index contributed by atoms with van der Waals surface area (Å²) in [5, 5.41) is 3.59. The van der Waals surface area contributed by atoms with Gasteiger partial charge >= 0.3 is 0 Å². The van der Waals surface area contributed by atoms with E-state index < -0.39 is 0 Å². The quantitative estimate of drug-likeness (QED) is 0.922. The predicted octanol–water partition coefficient (Wildman–Crippen LogP) is 2.28. The van der Waals surface area contributed by atoms with Crippen LogP contribution in [0.25, 0.3) is 0 Å². The molecule has 1 N–H and O–H groups in total. The minimum absolute atomic E-state index is 0.748. The Labute approximate surface area is 127 Å². The van der Waals surface area contributed by atoms with Crippen LogP contribution in [0.2, 0.25) is 0 Å². The Morgan fingerprint density at radius 2 is 2.05 bits per heavy atom. The second-order valence-corrected chi connectivity index (χ2v) is 6.23. The molecule has 1 fully saturated rings. The third-order valence-electron chi connectivity index (χ3n) is 4.30. The van der Waals surface area contributed by atoms with E-state index in [1.165, 1.54) is 31.5 Å². The minimum atomic E-state index is 0.748. The molecule has 1 aromatic carbocycles. The molecule has 2 aliphatic rings. The molecule has 1 unspecified atom stereocenters. The average Bonchev–Trinajstić information content (AvgIpc) is 2.72. The fraction of sp³-hybridized carbons (Fsp3) is 0.647. The molecule has 1 atom stereocenters. The molecule has 0 radical (unpaired) electrons. The maximum absolute atomic E-state index is 5.74. The zero-order valence-corrected chi connectivity index (χ0v) is 12.9. The van der Waals surface area contributed by atoms with Gasteiger partial charge in [0.25, 0.3) is 0 Å². The maximum Gasteiger partial charge on any atom is 0.161 e. The summed E-state index contributed by atoms with van der Waals surface area (Å²) in [4.78, 5) is 2.43. The highest BCUT2D eigenvalue weighted by Gasteiger charge is 2.16. The van der Waals surface area contributed by atoms with Crippen LogP contribution in [0.4, 0.5) is 0 Å². The van der Waals surface area contributed by atoms with Crippen LogP contribution in [-0.4, -0.2) is 44.8 Å². The van der Waals surface area contributed by atoms with Crippen molar-refractivity contribution in [1.82, 2.24) is 10.2 Å². The van der Waals surface area contributed by atoms with Gasteiger partial charge in [0.2, 0.25) is 0 Å². The van der Waals surface area contributed by atoms with Crippen molar-refractivity contribution in [2.75, 3.05) is 39.9 Å². The van der Waals surface area contributed by atoms with Crippen LogP contribution in [0.3, 0.4) is 0 Å². The highest BCUT2D eigenvalue weighted by molar-refractivity contribution is 5.43. The number of likely N-dealkylation sites (tertiary alicyclic amines) is 1. The molecule has 0 aromatic heterocycles. The number of rotatable bonds is 4. The number of nitrogens with zero attached hydrogens (tertiary/aromatic N) is 1. The molecule has 4 nitrogen and oxygen atoms in total. The summed E-state index contributed by atoms with van der Waals surface area (Å²) in [6.45, 7) is 5.96. The van der Waals surface area contributed by atoms with Crippen molar-refractivity contribution in [3.05, 3.63) is 23.8 Å². The molecule has 3 rings (SSSR count). The lowest BCUT2D eigenvalue weighted by Crippen LogP contribution is -2.37. The molecule has 0 amide bonds. The molecule has 21 heavy (non-hydrogen) atoms. The second-order valence-electron chi connectivity index (χ2n) is 6.23. The Morgan fingerprint density at radius 1 is 1.19 bits per heavy atom. The third kappa shape index (κ3) is 4.11. The van der Waals surface area contributed by atoms with Crippen molar-refractivity contribution in [3.8, 4) is 11.5 Å². The number of fused-ring (bicyclic) bond motifs is 1. The maximum atomic E-state index is 5.74. The minimum Gasteiger partial charge on any atom is -0.490 e. The van der Waals surface area contributed by atoms with E-state index in [2.05, 4.69) is 29.4 Å². The standard InChI is InChI=1S/C17H26N2O2/c1-19-7-2-4-15(13-19)12-18-11-14-5-6-16-17(10-14)21-9-3-8-20-16/h5-6,10,15,18H,2-4,7-9,11-13H2,1H3. The fourth-order valence-electron chi connectivity index (χ4n) is 3.18. The van der Waals surface area contributed by atoms with Gasteiger partial charge in [0.05, 0.1) is 13.2 Å². The number of hydrogen-bond acceptors (Lipinski definition) is 4. The summed E-state index contributed by atoms with van der Waals surface area (Å²) in [5.41, 5.74) is 1.27. The largest absolute Gasteiger partial charge is 0.490 e. The summed E-state index contributed by atoms with van der Waals surface area (Å²) in [6, 6.07) is 6.28. The Hall–Kier alpha value is -1.26. The van der Waals surface area contributed by atoms with Crippen LogP contribution >= 0.6 is 0 Å². The zero-order chi connectivity index (χ0) is 14.5. The molecular weight excluding hydrogens is 264 g/mol. The van der Waals surface area contributed by atoms with Gasteiger partial charge in [0.1, 0.15) is 0 Å². The molecule has 1 saturated heterocycles. The lowest BCUT2D eigenvalue weighted by atomic mass is 9.98. The molecule has 4 heteroatoms. The summed E-state index contributed by atoms with van der Waals surface area (Å²) in [6.07, 6.45) is 3.63. The van der Waals surface area contributed by atoms with Gasteiger partial charge in [0, 0.05) is 19.5 Å². The summed E-state index contributed by atoms with van der Waals surface area (Å²) in [7, 11) is 2.22. The molecule has 1 aromatic rings. The van der Waals surface area contributed by atoms with Gasteiger partial charge in [-0.15, -0.1) is 0 Å². The van der Waals surface area contributed by atoms with Crippen molar-refractivity contribution < 1.29 is 9.47 Å². The van der Waals surface area contributed by atoms with Crippen LogP contribution < -0.4 is 14.8 Å². The Morgan fingerprint density at radius 3 is 2.90 bits per heavy atom. The number of nitrogens with one attached hydrogen (secondary N) is 1. The van der Waals surface area contributed by atoms with Gasteiger partial charge in [-0.25, -0.2) is 0 Å². The normalized spacial score (nSPS) is 22.8. The molecule has 2 aliphatic heterocycles. The summed E-state index contributed by atoms with van der Waals surface area (Å²) < 4.78 is 11.4. The van der Waals surface area contributed by atoms with Crippen molar-refractivity contribution in [2.45, 2.75) is 25.8 Å². The summed E-state index contributed by atoms with van der Waals surface area (Å²) >= 11 is 0. The van der Waals surface area contributed by atoms with Crippen molar-refractivity contribution >= 4 is 0 Å². The van der Waals surface area contributed by atoms with Crippen molar-refractivity contribution in [1.29, 1.82) is 0 Å². The SMILES string of the molecule is CN1CCCC(CNCc2ccc3c(c2)OCCCO3)C1. The van der Waals surface area contributed by atoms with Crippen LogP contribution in [0.15, 0.2) is 18.2 Å². The lowest BCUT2D eigenvalue weighted by molar-refractivity contribution is 0.206. The first-order valence-corrected chi connectivity index (χ1v) is 8.09. The van der Waals surface area contributed by atoms with Gasteiger partial charge < -0.3 is 19.7 Å². The number of benzene rings is 1. The fourth-order valence-corrected chi connectivity index (χ4v) is 3.18. The van der Waals surface area contributed by atoms with E-state index in [4.69, 9.17) is 9.47 Å². The number of ether oxygens (including phenoxy) is 2. The molecule has 0 saturated carbocycles. The molecule has 0 bridgehead atoms.